The molecule has 126 valence electrons. The van der Waals surface area contributed by atoms with Crippen molar-refractivity contribution in [1.29, 1.82) is 0 Å². The van der Waals surface area contributed by atoms with Gasteiger partial charge in [0.25, 0.3) is 5.91 Å². The molecule has 2 aliphatic heterocycles. The number of ether oxygens (including phenoxy) is 1. The second kappa shape index (κ2) is 6.72. The standard InChI is InChI=1S/C16H19N5O2S/c22-16(13-11-24-19-18-13)21-9-5-12(10-21)23-14-4-3-6-17-15(14)20-7-1-2-8-20/h3-4,6,11-12H,1-2,5,7-10H2/t12-/m1/s1. The van der Waals surface area contributed by atoms with Crippen molar-refractivity contribution in [2.24, 2.45) is 0 Å². The molecule has 0 aliphatic carbocycles. The summed E-state index contributed by atoms with van der Waals surface area (Å²) in [4.78, 5) is 20.9. The molecule has 0 N–H and O–H groups in total. The first-order valence-corrected chi connectivity index (χ1v) is 9.08. The summed E-state index contributed by atoms with van der Waals surface area (Å²) in [7, 11) is 0. The molecule has 0 unspecified atom stereocenters. The minimum atomic E-state index is -0.0687. The fraction of sp³-hybridized carbons (Fsp3) is 0.500. The molecule has 0 aromatic carbocycles. The van der Waals surface area contributed by atoms with Crippen LogP contribution in [-0.4, -0.2) is 57.7 Å². The van der Waals surface area contributed by atoms with Crippen LogP contribution in [0.2, 0.25) is 0 Å². The van der Waals surface area contributed by atoms with Gasteiger partial charge in [-0.05, 0) is 36.5 Å². The van der Waals surface area contributed by atoms with Crippen molar-refractivity contribution in [3.8, 4) is 5.75 Å². The molecule has 4 heterocycles. The third kappa shape index (κ3) is 3.06. The molecule has 4 rings (SSSR count). The molecule has 2 saturated heterocycles. The van der Waals surface area contributed by atoms with Crippen molar-refractivity contribution in [1.82, 2.24) is 19.5 Å². The average molecular weight is 345 g/mol. The highest BCUT2D eigenvalue weighted by molar-refractivity contribution is 7.03. The predicted octanol–water partition coefficient (Wildman–Crippen LogP) is 1.83. The normalized spacial score (nSPS) is 20.6. The van der Waals surface area contributed by atoms with Gasteiger partial charge in [0, 0.05) is 37.6 Å². The fourth-order valence-electron chi connectivity index (χ4n) is 3.25. The Labute approximate surface area is 144 Å². The van der Waals surface area contributed by atoms with Crippen molar-refractivity contribution in [3.05, 3.63) is 29.4 Å². The van der Waals surface area contributed by atoms with Crippen molar-refractivity contribution < 1.29 is 9.53 Å². The maximum absolute atomic E-state index is 12.3. The molecule has 2 aromatic rings. The van der Waals surface area contributed by atoms with Gasteiger partial charge in [-0.15, -0.1) is 5.10 Å². The van der Waals surface area contributed by atoms with Gasteiger partial charge in [-0.25, -0.2) is 4.98 Å². The van der Waals surface area contributed by atoms with Crippen LogP contribution in [0.4, 0.5) is 5.82 Å². The molecule has 7 nitrogen and oxygen atoms in total. The molecular formula is C16H19N5O2S. The van der Waals surface area contributed by atoms with Gasteiger partial charge in [0.2, 0.25) is 0 Å². The lowest BCUT2D eigenvalue weighted by Gasteiger charge is -2.22. The van der Waals surface area contributed by atoms with Crippen LogP contribution in [0.15, 0.2) is 23.7 Å². The van der Waals surface area contributed by atoms with Gasteiger partial charge in [0.15, 0.2) is 17.3 Å². The Morgan fingerprint density at radius 1 is 1.29 bits per heavy atom. The van der Waals surface area contributed by atoms with Crippen LogP contribution < -0.4 is 9.64 Å². The summed E-state index contributed by atoms with van der Waals surface area (Å²) in [6, 6.07) is 3.86. The maximum atomic E-state index is 12.3. The zero-order valence-corrected chi connectivity index (χ0v) is 14.1. The van der Waals surface area contributed by atoms with E-state index in [1.807, 2.05) is 12.1 Å². The predicted molar refractivity (Wildman–Crippen MR) is 90.5 cm³/mol. The van der Waals surface area contributed by atoms with Gasteiger partial charge < -0.3 is 14.5 Å². The average Bonchev–Trinajstić information content (AvgIpc) is 3.36. The number of carbonyl (C=O) groups is 1. The van der Waals surface area contributed by atoms with E-state index in [2.05, 4.69) is 19.5 Å². The number of aromatic nitrogens is 3. The summed E-state index contributed by atoms with van der Waals surface area (Å²) in [5.74, 6) is 1.67. The first-order chi connectivity index (χ1) is 11.8. The Hall–Kier alpha value is -2.22. The molecule has 2 fully saturated rings. The Morgan fingerprint density at radius 2 is 2.17 bits per heavy atom. The number of hydrogen-bond acceptors (Lipinski definition) is 7. The smallest absolute Gasteiger partial charge is 0.275 e. The van der Waals surface area contributed by atoms with Gasteiger partial charge in [0.05, 0.1) is 6.54 Å². The van der Waals surface area contributed by atoms with Gasteiger partial charge in [-0.1, -0.05) is 4.49 Å². The van der Waals surface area contributed by atoms with Gasteiger partial charge in [-0.3, -0.25) is 4.79 Å². The molecule has 24 heavy (non-hydrogen) atoms. The van der Waals surface area contributed by atoms with Crippen LogP contribution >= 0.6 is 11.5 Å². The lowest BCUT2D eigenvalue weighted by atomic mass is 10.3. The van der Waals surface area contributed by atoms with E-state index in [0.717, 1.165) is 31.1 Å². The van der Waals surface area contributed by atoms with E-state index < -0.39 is 0 Å². The van der Waals surface area contributed by atoms with E-state index >= 15 is 0 Å². The van der Waals surface area contributed by atoms with Crippen LogP contribution in [0.3, 0.4) is 0 Å². The van der Waals surface area contributed by atoms with Crippen molar-refractivity contribution in [2.75, 3.05) is 31.1 Å². The summed E-state index contributed by atoms with van der Waals surface area (Å²) in [5.41, 5.74) is 0.416. The third-order valence-corrected chi connectivity index (χ3v) is 4.97. The highest BCUT2D eigenvalue weighted by Crippen LogP contribution is 2.30. The van der Waals surface area contributed by atoms with E-state index in [0.29, 0.717) is 18.8 Å². The van der Waals surface area contributed by atoms with Gasteiger partial charge in [-0.2, -0.15) is 0 Å². The molecule has 0 saturated carbocycles. The second-order valence-electron chi connectivity index (χ2n) is 6.09. The summed E-state index contributed by atoms with van der Waals surface area (Å²) in [6.45, 7) is 3.31. The molecule has 2 aliphatic rings. The van der Waals surface area contributed by atoms with E-state index in [-0.39, 0.29) is 12.0 Å². The summed E-state index contributed by atoms with van der Waals surface area (Å²) < 4.78 is 9.94. The Morgan fingerprint density at radius 3 is 2.96 bits per heavy atom. The molecule has 8 heteroatoms. The molecule has 1 atom stereocenters. The Bertz CT molecular complexity index is 702. The van der Waals surface area contributed by atoms with Crippen LogP contribution in [0, 0.1) is 0 Å². The summed E-state index contributed by atoms with van der Waals surface area (Å²) in [6.07, 6.45) is 5.01. The number of hydrogen-bond donors (Lipinski definition) is 0. The minimum Gasteiger partial charge on any atom is -0.485 e. The van der Waals surface area contributed by atoms with Gasteiger partial charge >= 0.3 is 0 Å². The van der Waals surface area contributed by atoms with Crippen LogP contribution in [0.1, 0.15) is 29.8 Å². The molecular weight excluding hydrogens is 326 g/mol. The van der Waals surface area contributed by atoms with E-state index in [4.69, 9.17) is 4.74 Å². The Kier molecular flexibility index (Phi) is 4.29. The van der Waals surface area contributed by atoms with Gasteiger partial charge in [0.1, 0.15) is 6.10 Å². The molecule has 1 amide bonds. The van der Waals surface area contributed by atoms with E-state index in [1.54, 1.807) is 16.5 Å². The lowest BCUT2D eigenvalue weighted by Crippen LogP contribution is -2.31. The zero-order chi connectivity index (χ0) is 16.4. The summed E-state index contributed by atoms with van der Waals surface area (Å²) in [5, 5.41) is 5.54. The largest absolute Gasteiger partial charge is 0.485 e. The molecule has 0 bridgehead atoms. The van der Waals surface area contributed by atoms with E-state index in [1.165, 1.54) is 24.4 Å². The van der Waals surface area contributed by atoms with Crippen molar-refractivity contribution >= 4 is 23.3 Å². The maximum Gasteiger partial charge on any atom is 0.275 e. The topological polar surface area (TPSA) is 71.5 Å². The highest BCUT2D eigenvalue weighted by Gasteiger charge is 2.30. The Balaban J connectivity index is 1.43. The molecule has 0 spiro atoms. The first kappa shape index (κ1) is 15.3. The second-order valence-corrected chi connectivity index (χ2v) is 6.70. The van der Waals surface area contributed by atoms with Crippen LogP contribution in [0.25, 0.3) is 0 Å². The molecule has 0 radical (unpaired) electrons. The first-order valence-electron chi connectivity index (χ1n) is 8.24. The SMILES string of the molecule is O=C(c1csnn1)N1CC[C@@H](Oc2cccnc2N2CCCC2)C1. The minimum absolute atomic E-state index is 0.00824. The van der Waals surface area contributed by atoms with Crippen molar-refractivity contribution in [3.63, 3.8) is 0 Å². The number of carbonyl (C=O) groups excluding carboxylic acids is 1. The summed E-state index contributed by atoms with van der Waals surface area (Å²) >= 11 is 1.19. The number of nitrogens with zero attached hydrogens (tertiary/aromatic N) is 5. The molecule has 2 aromatic heterocycles. The third-order valence-electron chi connectivity index (χ3n) is 4.46. The van der Waals surface area contributed by atoms with E-state index in [9.17, 15) is 4.79 Å². The number of anilines is 1. The number of pyridine rings is 1. The monoisotopic (exact) mass is 345 g/mol. The fourth-order valence-corrected chi connectivity index (χ4v) is 3.68. The number of amides is 1. The number of likely N-dealkylation sites (tertiary alicyclic amines) is 1. The van der Waals surface area contributed by atoms with Crippen molar-refractivity contribution in [2.45, 2.75) is 25.4 Å². The highest BCUT2D eigenvalue weighted by atomic mass is 32.1. The number of rotatable bonds is 4. The van der Waals surface area contributed by atoms with Crippen LogP contribution in [-0.2, 0) is 0 Å². The lowest BCUT2D eigenvalue weighted by molar-refractivity contribution is 0.0766. The quantitative estimate of drug-likeness (QED) is 0.842. The zero-order valence-electron chi connectivity index (χ0n) is 13.3. The van der Waals surface area contributed by atoms with Crippen LogP contribution in [0.5, 0.6) is 5.75 Å².